The number of allylic oxidation sites excluding steroid dienone is 4. The fraction of sp³-hybridized carbons (Fsp3) is 0.250. The molecule has 0 atom stereocenters. The Kier molecular flexibility index (Phi) is 8.76. The average Bonchev–Trinajstić information content (AvgIpc) is 3.40. The van der Waals surface area contributed by atoms with Crippen LogP contribution in [0.5, 0.6) is 11.6 Å². The van der Waals surface area contributed by atoms with Crippen molar-refractivity contribution in [2.45, 2.75) is 12.7 Å². The van der Waals surface area contributed by atoms with E-state index in [9.17, 15) is 18.0 Å². The molecular formula is C32H26Cl2F3N7O2. The van der Waals surface area contributed by atoms with Gasteiger partial charge in [-0.3, -0.25) is 14.4 Å². The smallest absolute Gasteiger partial charge is 0.416 e. The third kappa shape index (κ3) is 7.03. The number of hydrogen-bond donors (Lipinski definition) is 1. The fourth-order valence-corrected chi connectivity index (χ4v) is 5.36. The van der Waals surface area contributed by atoms with Crippen molar-refractivity contribution in [1.29, 1.82) is 0 Å². The van der Waals surface area contributed by atoms with Gasteiger partial charge in [-0.15, -0.1) is 0 Å². The number of anilines is 1. The monoisotopic (exact) mass is 667 g/mol. The van der Waals surface area contributed by atoms with Crippen molar-refractivity contribution in [3.8, 4) is 11.6 Å². The van der Waals surface area contributed by atoms with Gasteiger partial charge in [0.1, 0.15) is 11.1 Å². The predicted molar refractivity (Wildman–Crippen MR) is 169 cm³/mol. The number of nitrogens with zero attached hydrogens (tertiary/aromatic N) is 6. The predicted octanol–water partition coefficient (Wildman–Crippen LogP) is 6.66. The van der Waals surface area contributed by atoms with Crippen LogP contribution < -0.4 is 10.1 Å². The van der Waals surface area contributed by atoms with Crippen LogP contribution in [-0.4, -0.2) is 68.7 Å². The maximum Gasteiger partial charge on any atom is 0.416 e. The number of piperazine rings is 1. The van der Waals surface area contributed by atoms with E-state index in [1.54, 1.807) is 36.1 Å². The summed E-state index contributed by atoms with van der Waals surface area (Å²) < 4.78 is 49.9. The molecule has 2 aromatic carbocycles. The van der Waals surface area contributed by atoms with E-state index >= 15 is 0 Å². The first kappa shape index (κ1) is 31.6. The molecule has 0 radical (unpaired) electrons. The topological polar surface area (TPSA) is 88.4 Å². The Labute approximate surface area is 271 Å². The summed E-state index contributed by atoms with van der Waals surface area (Å²) in [5.41, 5.74) is 5.84. The van der Waals surface area contributed by atoms with Gasteiger partial charge in [0.25, 0.3) is 5.91 Å². The first-order valence-electron chi connectivity index (χ1n) is 14.1. The highest BCUT2D eigenvalue weighted by atomic mass is 35.5. The largest absolute Gasteiger partial charge is 0.438 e. The minimum absolute atomic E-state index is 0.00779. The summed E-state index contributed by atoms with van der Waals surface area (Å²) in [6, 6.07) is 8.19. The molecule has 1 N–H and O–H groups in total. The first-order chi connectivity index (χ1) is 21.9. The lowest BCUT2D eigenvalue weighted by molar-refractivity contribution is -0.138. The lowest BCUT2D eigenvalue weighted by atomic mass is 10.0. The van der Waals surface area contributed by atoms with Crippen molar-refractivity contribution in [1.82, 2.24) is 29.5 Å². The van der Waals surface area contributed by atoms with Crippen LogP contribution in [0, 0.1) is 0 Å². The van der Waals surface area contributed by atoms with E-state index in [1.165, 1.54) is 24.3 Å². The zero-order valence-electron chi connectivity index (χ0n) is 24.6. The molecule has 2 aromatic heterocycles. The number of aryl methyl sites for hydroxylation is 1. The number of benzene rings is 2. The van der Waals surface area contributed by atoms with Gasteiger partial charge in [0, 0.05) is 51.7 Å². The van der Waals surface area contributed by atoms with Crippen molar-refractivity contribution in [2.75, 3.05) is 38.5 Å². The van der Waals surface area contributed by atoms with E-state index in [0.717, 1.165) is 19.2 Å². The summed E-state index contributed by atoms with van der Waals surface area (Å²) in [7, 11) is 3.71. The van der Waals surface area contributed by atoms with Crippen molar-refractivity contribution >= 4 is 51.4 Å². The van der Waals surface area contributed by atoms with E-state index in [1.807, 2.05) is 11.9 Å². The maximum absolute atomic E-state index is 14.1. The number of rotatable bonds is 7. The van der Waals surface area contributed by atoms with Gasteiger partial charge in [-0.25, -0.2) is 4.98 Å². The Morgan fingerprint density at radius 2 is 1.80 bits per heavy atom. The minimum Gasteiger partial charge on any atom is -0.438 e. The second-order valence-electron chi connectivity index (χ2n) is 10.9. The summed E-state index contributed by atoms with van der Waals surface area (Å²) in [6.07, 6.45) is 0.383. The number of fused-ring (bicyclic) bond motifs is 1. The molecule has 1 saturated heterocycles. The molecule has 3 heterocycles. The van der Waals surface area contributed by atoms with Crippen LogP contribution in [-0.2, 0) is 19.8 Å². The normalized spacial score (nSPS) is 15.6. The van der Waals surface area contributed by atoms with E-state index in [-0.39, 0.29) is 45.8 Å². The number of ether oxygens (including phenoxy) is 1. The third-order valence-electron chi connectivity index (χ3n) is 7.47. The van der Waals surface area contributed by atoms with Crippen LogP contribution in [0.3, 0.4) is 0 Å². The van der Waals surface area contributed by atoms with Gasteiger partial charge in [0.2, 0.25) is 5.88 Å². The van der Waals surface area contributed by atoms with Gasteiger partial charge >= 0.3 is 6.18 Å². The second-order valence-corrected chi connectivity index (χ2v) is 11.7. The fourth-order valence-electron chi connectivity index (χ4n) is 5.04. The molecule has 1 aliphatic heterocycles. The summed E-state index contributed by atoms with van der Waals surface area (Å²) in [5, 5.41) is 7.86. The maximum atomic E-state index is 14.1. The molecule has 1 amide bonds. The minimum atomic E-state index is -4.61. The average molecular weight is 669 g/mol. The number of carbonyl (C=O) groups excluding carboxylic acids is 1. The number of likely N-dealkylation sites (N-methyl/N-ethyl adjacent to an activating group) is 1. The van der Waals surface area contributed by atoms with Gasteiger partial charge < -0.3 is 15.0 Å². The number of amides is 1. The van der Waals surface area contributed by atoms with Crippen molar-refractivity contribution in [3.63, 3.8) is 0 Å². The lowest BCUT2D eigenvalue weighted by Gasteiger charge is -2.33. The van der Waals surface area contributed by atoms with Gasteiger partial charge in [-0.1, -0.05) is 35.0 Å². The Morgan fingerprint density at radius 1 is 1.02 bits per heavy atom. The number of alkyl halides is 3. The van der Waals surface area contributed by atoms with Gasteiger partial charge in [-0.2, -0.15) is 23.3 Å². The molecule has 14 heteroatoms. The SMILES string of the molecule is CN1CCN(Cc2ccc(NC(=O)c3cc(Oc4nc(C5=C=C=C(Cl)C=C5)nc5nn(C)cc45)ccc3Cl)cc2C(F)(F)F)CC1. The van der Waals surface area contributed by atoms with Gasteiger partial charge in [0.15, 0.2) is 11.5 Å². The van der Waals surface area contributed by atoms with E-state index in [4.69, 9.17) is 27.9 Å². The molecular weight excluding hydrogens is 642 g/mol. The van der Waals surface area contributed by atoms with Crippen LogP contribution >= 0.6 is 23.2 Å². The molecule has 4 aromatic rings. The van der Waals surface area contributed by atoms with Crippen LogP contribution in [0.15, 0.2) is 71.2 Å². The van der Waals surface area contributed by atoms with Crippen LogP contribution in [0.4, 0.5) is 18.9 Å². The van der Waals surface area contributed by atoms with Gasteiger partial charge in [0.05, 0.1) is 26.8 Å². The summed E-state index contributed by atoms with van der Waals surface area (Å²) in [4.78, 5) is 26.4. The Hall–Kier alpha value is -4.41. The van der Waals surface area contributed by atoms with E-state index in [2.05, 4.69) is 36.7 Å². The molecule has 0 unspecified atom stereocenters. The Balaban J connectivity index is 1.26. The third-order valence-corrected chi connectivity index (χ3v) is 8.02. The molecule has 46 heavy (non-hydrogen) atoms. The zero-order valence-corrected chi connectivity index (χ0v) is 26.1. The van der Waals surface area contributed by atoms with Crippen molar-refractivity contribution in [3.05, 3.63) is 98.8 Å². The van der Waals surface area contributed by atoms with Crippen LogP contribution in [0.1, 0.15) is 27.3 Å². The molecule has 6 rings (SSSR count). The highest BCUT2D eigenvalue weighted by molar-refractivity contribution is 6.34. The molecule has 9 nitrogen and oxygen atoms in total. The molecule has 2 aliphatic rings. The molecule has 0 spiro atoms. The van der Waals surface area contributed by atoms with Crippen LogP contribution in [0.25, 0.3) is 16.6 Å². The standard InChI is InChI=1S/C32H26Cl2F3N7O2/c1-42-11-13-44(14-12-42)17-20-5-8-22(15-26(20)32(35,36)37)38-30(45)24-16-23(9-10-27(24)34)46-31-25-18-43(2)41-29(25)39-28(40-31)19-3-6-21(33)7-4-19/h3,5-6,8-10,15-16,18H,11-14,17H2,1-2H3,(H,38,45). The highest BCUT2D eigenvalue weighted by Crippen LogP contribution is 2.36. The number of aromatic nitrogens is 4. The van der Waals surface area contributed by atoms with Crippen molar-refractivity contribution in [2.24, 2.45) is 7.05 Å². The number of carbonyl (C=O) groups is 1. The quantitative estimate of drug-likeness (QED) is 0.221. The Morgan fingerprint density at radius 3 is 2.52 bits per heavy atom. The summed E-state index contributed by atoms with van der Waals surface area (Å²) in [6.45, 7) is 3.06. The molecule has 236 valence electrons. The number of halogens is 5. The molecule has 0 bridgehead atoms. The summed E-state index contributed by atoms with van der Waals surface area (Å²) in [5.74, 6) is -0.0976. The molecule has 1 fully saturated rings. The molecule has 0 saturated carbocycles. The zero-order chi connectivity index (χ0) is 32.6. The van der Waals surface area contributed by atoms with E-state index in [0.29, 0.717) is 34.7 Å². The van der Waals surface area contributed by atoms with Crippen LogP contribution in [0.2, 0.25) is 5.02 Å². The molecule has 1 aliphatic carbocycles. The van der Waals surface area contributed by atoms with Gasteiger partial charge in [-0.05, 0) is 60.8 Å². The number of nitrogens with one attached hydrogen (secondary N) is 1. The number of hydrogen-bond acceptors (Lipinski definition) is 7. The lowest BCUT2D eigenvalue weighted by Crippen LogP contribution is -2.44. The highest BCUT2D eigenvalue weighted by Gasteiger charge is 2.34. The second kappa shape index (κ2) is 12.8. The van der Waals surface area contributed by atoms with E-state index < -0.39 is 17.6 Å². The summed E-state index contributed by atoms with van der Waals surface area (Å²) >= 11 is 12.3. The first-order valence-corrected chi connectivity index (χ1v) is 14.9. The van der Waals surface area contributed by atoms with Crippen molar-refractivity contribution < 1.29 is 22.7 Å². The Bertz CT molecular complexity index is 1990.